The molecule has 0 fully saturated rings. The third-order valence-corrected chi connectivity index (χ3v) is 7.06. The maximum absolute atomic E-state index is 13.5. The number of aryl methyl sites for hydroxylation is 1. The first kappa shape index (κ1) is 23.6. The number of ether oxygens (including phenoxy) is 1. The highest BCUT2D eigenvalue weighted by molar-refractivity contribution is 7.14. The summed E-state index contributed by atoms with van der Waals surface area (Å²) in [6, 6.07) is 29.3. The fraction of sp³-hybridized carbons (Fsp3) is 0.0645. The van der Waals surface area contributed by atoms with Crippen LogP contribution in [0.2, 0.25) is 0 Å². The van der Waals surface area contributed by atoms with Gasteiger partial charge in [0, 0.05) is 16.3 Å². The summed E-state index contributed by atoms with van der Waals surface area (Å²) in [6.07, 6.45) is 0. The van der Waals surface area contributed by atoms with Gasteiger partial charge in [-0.15, -0.1) is 11.3 Å². The topological polar surface area (TPSA) is 76.7 Å². The van der Waals surface area contributed by atoms with Crippen LogP contribution in [0, 0.1) is 6.92 Å². The summed E-state index contributed by atoms with van der Waals surface area (Å²) in [6.45, 7) is 1.97. The molecule has 6 aromatic rings. The molecule has 1 N–H and O–H groups in total. The summed E-state index contributed by atoms with van der Waals surface area (Å²) in [4.78, 5) is 22.9. The summed E-state index contributed by atoms with van der Waals surface area (Å²) >= 11 is 1.37. The minimum absolute atomic E-state index is 0.223. The molecule has 6 nitrogen and oxygen atoms in total. The van der Waals surface area contributed by atoms with Gasteiger partial charge in [0.15, 0.2) is 5.13 Å². The Hall–Kier alpha value is -4.75. The third-order valence-electron chi connectivity index (χ3n) is 6.31. The fourth-order valence-corrected chi connectivity index (χ4v) is 4.97. The Morgan fingerprint density at radius 3 is 2.58 bits per heavy atom. The minimum atomic E-state index is -0.356. The molecule has 6 rings (SSSR count). The first-order chi connectivity index (χ1) is 18.6. The van der Waals surface area contributed by atoms with Crippen molar-refractivity contribution >= 4 is 49.8 Å². The van der Waals surface area contributed by atoms with E-state index in [1.807, 2.05) is 73.0 Å². The van der Waals surface area contributed by atoms with Gasteiger partial charge in [-0.2, -0.15) is 0 Å². The van der Waals surface area contributed by atoms with E-state index in [-0.39, 0.29) is 11.5 Å². The Balaban J connectivity index is 1.38. The second kappa shape index (κ2) is 9.95. The lowest BCUT2D eigenvalue weighted by molar-refractivity contribution is 0.102. The van der Waals surface area contributed by atoms with E-state index < -0.39 is 0 Å². The Kier molecular flexibility index (Phi) is 6.19. The van der Waals surface area contributed by atoms with Gasteiger partial charge in [0.2, 0.25) is 5.55 Å². The second-order valence-electron chi connectivity index (χ2n) is 8.82. The molecule has 2 aromatic heterocycles. The van der Waals surface area contributed by atoms with Crippen molar-refractivity contribution in [3.8, 4) is 17.0 Å². The Morgan fingerprint density at radius 1 is 0.921 bits per heavy atom. The molecule has 0 unspecified atom stereocenters. The number of carbonyl (C=O) groups excluding carboxylic acids is 1. The number of para-hydroxylation sites is 1. The summed E-state index contributed by atoms with van der Waals surface area (Å²) < 4.78 is 11.5. The van der Waals surface area contributed by atoms with E-state index in [4.69, 9.17) is 14.1 Å². The van der Waals surface area contributed by atoms with Crippen molar-refractivity contribution in [3.05, 3.63) is 113 Å². The van der Waals surface area contributed by atoms with Crippen LogP contribution in [0.3, 0.4) is 0 Å². The lowest BCUT2D eigenvalue weighted by atomic mass is 10.1. The molecule has 1 amide bonds. The van der Waals surface area contributed by atoms with E-state index in [1.54, 1.807) is 13.2 Å². The number of nitrogens with one attached hydrogen (secondary N) is 1. The van der Waals surface area contributed by atoms with Crippen LogP contribution in [0.25, 0.3) is 33.0 Å². The van der Waals surface area contributed by atoms with E-state index in [2.05, 4.69) is 34.6 Å². The van der Waals surface area contributed by atoms with Gasteiger partial charge >= 0.3 is 0 Å². The summed E-state index contributed by atoms with van der Waals surface area (Å²) in [5, 5.41) is 8.40. The highest BCUT2D eigenvalue weighted by Crippen LogP contribution is 2.28. The molecule has 186 valence electrons. The van der Waals surface area contributed by atoms with Gasteiger partial charge in [-0.1, -0.05) is 54.6 Å². The number of rotatable bonds is 5. The average Bonchev–Trinajstić information content (AvgIpc) is 3.41. The molecule has 38 heavy (non-hydrogen) atoms. The number of benzene rings is 4. The molecule has 2 heterocycles. The van der Waals surface area contributed by atoms with Crippen LogP contribution >= 0.6 is 11.3 Å². The number of thiazole rings is 1. The van der Waals surface area contributed by atoms with E-state index in [9.17, 15) is 4.79 Å². The largest absolute Gasteiger partial charge is 0.497 e. The van der Waals surface area contributed by atoms with Crippen molar-refractivity contribution in [2.24, 2.45) is 4.99 Å². The number of carbonyl (C=O) groups is 1. The first-order valence-electron chi connectivity index (χ1n) is 12.1. The van der Waals surface area contributed by atoms with E-state index >= 15 is 0 Å². The van der Waals surface area contributed by atoms with Crippen LogP contribution in [-0.2, 0) is 0 Å². The van der Waals surface area contributed by atoms with Gasteiger partial charge in [-0.05, 0) is 59.7 Å². The van der Waals surface area contributed by atoms with Crippen LogP contribution in [0.5, 0.6) is 5.75 Å². The highest BCUT2D eigenvalue weighted by atomic mass is 32.1. The number of fused-ring (bicyclic) bond motifs is 2. The van der Waals surface area contributed by atoms with Crippen LogP contribution in [-0.4, -0.2) is 18.0 Å². The number of hydrogen-bond acceptors (Lipinski definition) is 6. The van der Waals surface area contributed by atoms with Crippen molar-refractivity contribution in [2.45, 2.75) is 6.92 Å². The van der Waals surface area contributed by atoms with Crippen molar-refractivity contribution < 1.29 is 13.9 Å². The van der Waals surface area contributed by atoms with Gasteiger partial charge in [-0.3, -0.25) is 10.1 Å². The van der Waals surface area contributed by atoms with Gasteiger partial charge in [-0.25, -0.2) is 9.98 Å². The molecule has 0 bridgehead atoms. The predicted octanol–water partition coefficient (Wildman–Crippen LogP) is 7.51. The molecule has 0 spiro atoms. The van der Waals surface area contributed by atoms with Crippen LogP contribution in [0.4, 0.5) is 10.8 Å². The second-order valence-corrected chi connectivity index (χ2v) is 9.68. The SMILES string of the molecule is COc1ccc2oc(=Nc3ccccc3C)c(C(=O)Nc3nc(-c4ccc5ccccc5c4)cs3)cc2c1. The molecule has 4 aromatic carbocycles. The number of anilines is 1. The summed E-state index contributed by atoms with van der Waals surface area (Å²) in [7, 11) is 1.60. The average molecular weight is 518 g/mol. The third kappa shape index (κ3) is 4.67. The lowest BCUT2D eigenvalue weighted by Gasteiger charge is -2.07. The van der Waals surface area contributed by atoms with E-state index in [0.29, 0.717) is 22.0 Å². The molecule has 0 radical (unpaired) electrons. The Morgan fingerprint density at radius 2 is 1.74 bits per heavy atom. The predicted molar refractivity (Wildman–Crippen MR) is 152 cm³/mol. The normalized spacial score (nSPS) is 11.7. The molecule has 7 heteroatoms. The summed E-state index contributed by atoms with van der Waals surface area (Å²) in [5.74, 6) is 0.313. The molecule has 0 aliphatic heterocycles. The van der Waals surface area contributed by atoms with Gasteiger partial charge in [0.25, 0.3) is 5.91 Å². The van der Waals surface area contributed by atoms with Gasteiger partial charge < -0.3 is 9.15 Å². The van der Waals surface area contributed by atoms with Gasteiger partial charge in [0.05, 0.1) is 18.5 Å². The molecular formula is C31H23N3O3S. The number of amides is 1. The van der Waals surface area contributed by atoms with E-state index in [1.165, 1.54) is 16.7 Å². The monoisotopic (exact) mass is 517 g/mol. The maximum atomic E-state index is 13.5. The maximum Gasteiger partial charge on any atom is 0.262 e. The Labute approximate surface area is 222 Å². The zero-order valence-electron chi connectivity index (χ0n) is 20.8. The number of methoxy groups -OCH3 is 1. The molecule has 0 atom stereocenters. The smallest absolute Gasteiger partial charge is 0.262 e. The number of aromatic nitrogens is 1. The van der Waals surface area contributed by atoms with Crippen molar-refractivity contribution in [3.63, 3.8) is 0 Å². The number of hydrogen-bond donors (Lipinski definition) is 1. The van der Waals surface area contributed by atoms with Gasteiger partial charge in [0.1, 0.15) is 16.9 Å². The lowest BCUT2D eigenvalue weighted by Crippen LogP contribution is -2.21. The van der Waals surface area contributed by atoms with Crippen molar-refractivity contribution in [1.82, 2.24) is 4.98 Å². The molecule has 0 saturated heterocycles. The van der Waals surface area contributed by atoms with E-state index in [0.717, 1.165) is 33.3 Å². The molecule has 0 saturated carbocycles. The zero-order chi connectivity index (χ0) is 26.1. The highest BCUT2D eigenvalue weighted by Gasteiger charge is 2.16. The fourth-order valence-electron chi connectivity index (χ4n) is 4.26. The Bertz CT molecular complexity index is 1890. The van der Waals surface area contributed by atoms with Crippen molar-refractivity contribution in [2.75, 3.05) is 12.4 Å². The summed E-state index contributed by atoms with van der Waals surface area (Å²) in [5.41, 5.74) is 4.62. The standard InChI is InChI=1S/C31H23N3O3S/c1-19-7-3-6-10-26(19)32-30-25(17-23-16-24(36-2)13-14-28(23)37-30)29(35)34-31-33-27(18-38-31)22-12-11-20-8-4-5-9-21(20)15-22/h3-18H,1-2H3,(H,33,34,35). The first-order valence-corrected chi connectivity index (χ1v) is 12.9. The van der Waals surface area contributed by atoms with Crippen LogP contribution in [0.15, 0.2) is 106 Å². The quantitative estimate of drug-likeness (QED) is 0.257. The minimum Gasteiger partial charge on any atom is -0.497 e. The zero-order valence-corrected chi connectivity index (χ0v) is 21.6. The number of nitrogens with zero attached hydrogens (tertiary/aromatic N) is 2. The van der Waals surface area contributed by atoms with Crippen LogP contribution in [0.1, 0.15) is 15.9 Å². The molecule has 0 aliphatic carbocycles. The molecular weight excluding hydrogens is 494 g/mol. The van der Waals surface area contributed by atoms with Crippen LogP contribution < -0.4 is 15.6 Å². The van der Waals surface area contributed by atoms with Crippen molar-refractivity contribution in [1.29, 1.82) is 0 Å². The molecule has 0 aliphatic rings.